The number of carbonyl (C=O) groups excluding carboxylic acids is 1. The molecule has 2 aromatic heterocycles. The predicted octanol–water partition coefficient (Wildman–Crippen LogP) is 2.76. The van der Waals surface area contributed by atoms with Gasteiger partial charge in [0.05, 0.1) is 17.1 Å². The Bertz CT molecular complexity index is 877. The van der Waals surface area contributed by atoms with Gasteiger partial charge in [-0.2, -0.15) is 0 Å². The molecular formula is C17H19N3O2S. The van der Waals surface area contributed by atoms with Gasteiger partial charge >= 0.3 is 5.69 Å². The molecule has 0 aliphatic heterocycles. The maximum absolute atomic E-state index is 12.5. The molecule has 5 nitrogen and oxygen atoms in total. The fourth-order valence-electron chi connectivity index (χ4n) is 2.77. The highest BCUT2D eigenvalue weighted by atomic mass is 32.1. The van der Waals surface area contributed by atoms with Crippen LogP contribution in [0.3, 0.4) is 0 Å². The lowest BCUT2D eigenvalue weighted by Crippen LogP contribution is -2.34. The Balaban J connectivity index is 1.85. The fraction of sp³-hybridized carbons (Fsp3) is 0.294. The smallest absolute Gasteiger partial charge is 0.329 e. The average Bonchev–Trinajstić information content (AvgIpc) is 3.15. The van der Waals surface area contributed by atoms with Crippen LogP contribution in [0.1, 0.15) is 24.8 Å². The molecule has 0 radical (unpaired) electrons. The van der Waals surface area contributed by atoms with Crippen LogP contribution in [0.2, 0.25) is 0 Å². The van der Waals surface area contributed by atoms with Crippen LogP contribution in [0.15, 0.2) is 46.6 Å². The molecule has 1 atom stereocenters. The third kappa shape index (κ3) is 2.94. The maximum atomic E-state index is 12.5. The lowest BCUT2D eigenvalue weighted by molar-refractivity contribution is -0.122. The number of imidazole rings is 1. The second kappa shape index (κ2) is 6.42. The van der Waals surface area contributed by atoms with E-state index in [0.29, 0.717) is 6.54 Å². The number of rotatable bonds is 5. The predicted molar refractivity (Wildman–Crippen MR) is 92.7 cm³/mol. The molecule has 6 heteroatoms. The van der Waals surface area contributed by atoms with Gasteiger partial charge in [-0.1, -0.05) is 18.2 Å². The van der Waals surface area contributed by atoms with Gasteiger partial charge in [0, 0.05) is 11.4 Å². The van der Waals surface area contributed by atoms with Crippen molar-refractivity contribution >= 4 is 28.3 Å². The number of fused-ring (bicyclic) bond motifs is 1. The quantitative estimate of drug-likeness (QED) is 0.782. The van der Waals surface area contributed by atoms with Gasteiger partial charge in [-0.3, -0.25) is 13.9 Å². The van der Waals surface area contributed by atoms with Crippen molar-refractivity contribution < 1.29 is 4.79 Å². The number of para-hydroxylation sites is 2. The van der Waals surface area contributed by atoms with Crippen LogP contribution in [-0.4, -0.2) is 15.0 Å². The Morgan fingerprint density at radius 1 is 1.17 bits per heavy atom. The Labute approximate surface area is 138 Å². The highest BCUT2D eigenvalue weighted by molar-refractivity contribution is 7.10. The maximum Gasteiger partial charge on any atom is 0.329 e. The van der Waals surface area contributed by atoms with Crippen molar-refractivity contribution in [3.05, 3.63) is 57.1 Å². The number of hydrogen-bond donors (Lipinski definition) is 1. The van der Waals surface area contributed by atoms with Crippen molar-refractivity contribution in [1.29, 1.82) is 0 Å². The van der Waals surface area contributed by atoms with E-state index < -0.39 is 0 Å². The molecule has 0 aliphatic rings. The summed E-state index contributed by atoms with van der Waals surface area (Å²) in [4.78, 5) is 26.0. The Hall–Kier alpha value is -2.34. The molecule has 0 spiro atoms. The number of nitrogens with zero attached hydrogens (tertiary/aromatic N) is 2. The molecule has 0 saturated carbocycles. The lowest BCUT2D eigenvalue weighted by Gasteiger charge is -2.12. The number of benzene rings is 1. The van der Waals surface area contributed by atoms with Crippen LogP contribution in [0, 0.1) is 0 Å². The van der Waals surface area contributed by atoms with Crippen LogP contribution in [0.4, 0.5) is 0 Å². The van der Waals surface area contributed by atoms with Gasteiger partial charge in [0.25, 0.3) is 0 Å². The number of thiophene rings is 1. The van der Waals surface area contributed by atoms with Crippen LogP contribution in [0.5, 0.6) is 0 Å². The summed E-state index contributed by atoms with van der Waals surface area (Å²) < 4.78 is 3.22. The van der Waals surface area contributed by atoms with Gasteiger partial charge in [0.2, 0.25) is 5.91 Å². The number of hydrogen-bond acceptors (Lipinski definition) is 3. The minimum Gasteiger partial charge on any atom is -0.347 e. The minimum atomic E-state index is -0.160. The van der Waals surface area contributed by atoms with E-state index in [2.05, 4.69) is 5.32 Å². The first kappa shape index (κ1) is 15.6. The van der Waals surface area contributed by atoms with Crippen LogP contribution in [-0.2, 0) is 17.9 Å². The summed E-state index contributed by atoms with van der Waals surface area (Å²) in [5.41, 5.74) is 1.50. The van der Waals surface area contributed by atoms with Gasteiger partial charge in [-0.25, -0.2) is 4.79 Å². The molecule has 0 fully saturated rings. The van der Waals surface area contributed by atoms with Gasteiger partial charge in [-0.15, -0.1) is 11.3 Å². The zero-order valence-electron chi connectivity index (χ0n) is 13.2. The summed E-state index contributed by atoms with van der Waals surface area (Å²) in [6, 6.07) is 11.5. The van der Waals surface area contributed by atoms with E-state index in [1.165, 1.54) is 4.57 Å². The zero-order chi connectivity index (χ0) is 16.4. The van der Waals surface area contributed by atoms with Gasteiger partial charge in [0.15, 0.2) is 0 Å². The molecule has 0 bridgehead atoms. The van der Waals surface area contributed by atoms with Gasteiger partial charge in [-0.05, 0) is 37.4 Å². The van der Waals surface area contributed by atoms with Crippen LogP contribution in [0.25, 0.3) is 11.0 Å². The van der Waals surface area contributed by atoms with Crippen molar-refractivity contribution in [2.75, 3.05) is 0 Å². The van der Waals surface area contributed by atoms with E-state index in [0.717, 1.165) is 15.9 Å². The van der Waals surface area contributed by atoms with Gasteiger partial charge in [0.1, 0.15) is 6.54 Å². The van der Waals surface area contributed by atoms with Crippen molar-refractivity contribution in [2.24, 2.45) is 0 Å². The van der Waals surface area contributed by atoms with E-state index >= 15 is 0 Å². The molecule has 1 N–H and O–H groups in total. The number of amides is 1. The number of carbonyl (C=O) groups is 1. The molecule has 0 unspecified atom stereocenters. The topological polar surface area (TPSA) is 56.0 Å². The van der Waals surface area contributed by atoms with Crippen LogP contribution >= 0.6 is 11.3 Å². The first-order valence-electron chi connectivity index (χ1n) is 7.62. The van der Waals surface area contributed by atoms with E-state index in [1.54, 1.807) is 15.9 Å². The molecule has 0 saturated heterocycles. The summed E-state index contributed by atoms with van der Waals surface area (Å²) in [5.74, 6) is -0.160. The Morgan fingerprint density at radius 3 is 2.48 bits per heavy atom. The molecule has 3 rings (SSSR count). The standard InChI is InChI=1S/C17H19N3O2S/c1-3-19-13-7-4-5-8-14(13)20(17(19)22)11-16(21)18-12(2)15-9-6-10-23-15/h4-10,12H,3,11H2,1-2H3,(H,18,21)/t12-/m1/s1. The third-order valence-electron chi connectivity index (χ3n) is 3.89. The van der Waals surface area contributed by atoms with Crippen molar-refractivity contribution in [3.8, 4) is 0 Å². The molecule has 2 heterocycles. The van der Waals surface area contributed by atoms with Crippen molar-refractivity contribution in [3.63, 3.8) is 0 Å². The zero-order valence-corrected chi connectivity index (χ0v) is 14.0. The van der Waals surface area contributed by atoms with E-state index in [1.807, 2.05) is 55.6 Å². The van der Waals surface area contributed by atoms with E-state index in [-0.39, 0.29) is 24.2 Å². The largest absolute Gasteiger partial charge is 0.347 e. The third-order valence-corrected chi connectivity index (χ3v) is 4.95. The molecule has 23 heavy (non-hydrogen) atoms. The summed E-state index contributed by atoms with van der Waals surface area (Å²) in [6.45, 7) is 4.49. The Kier molecular flexibility index (Phi) is 4.34. The van der Waals surface area contributed by atoms with E-state index in [4.69, 9.17) is 0 Å². The first-order chi connectivity index (χ1) is 11.1. The summed E-state index contributed by atoms with van der Waals surface area (Å²) in [6.07, 6.45) is 0. The van der Waals surface area contributed by atoms with Crippen molar-refractivity contribution in [1.82, 2.24) is 14.5 Å². The monoisotopic (exact) mass is 329 g/mol. The van der Waals surface area contributed by atoms with Crippen molar-refractivity contribution in [2.45, 2.75) is 33.0 Å². The highest BCUT2D eigenvalue weighted by Gasteiger charge is 2.16. The first-order valence-corrected chi connectivity index (χ1v) is 8.50. The molecular weight excluding hydrogens is 310 g/mol. The summed E-state index contributed by atoms with van der Waals surface area (Å²) in [5, 5.41) is 4.94. The average molecular weight is 329 g/mol. The minimum absolute atomic E-state index is 0.0298. The Morgan fingerprint density at radius 2 is 1.87 bits per heavy atom. The molecule has 120 valence electrons. The second-order valence-electron chi connectivity index (χ2n) is 5.41. The molecule has 3 aromatic rings. The number of aryl methyl sites for hydroxylation is 1. The lowest BCUT2D eigenvalue weighted by atomic mass is 10.2. The SMILES string of the molecule is CCn1c(=O)n(CC(=O)N[C@H](C)c2cccs2)c2ccccc21. The fourth-order valence-corrected chi connectivity index (χ4v) is 3.50. The molecule has 0 aliphatic carbocycles. The number of aromatic nitrogens is 2. The van der Waals surface area contributed by atoms with Gasteiger partial charge < -0.3 is 5.32 Å². The highest BCUT2D eigenvalue weighted by Crippen LogP contribution is 2.18. The molecule has 1 aromatic carbocycles. The normalized spacial score (nSPS) is 12.4. The molecule has 1 amide bonds. The summed E-state index contributed by atoms with van der Waals surface area (Å²) in [7, 11) is 0. The second-order valence-corrected chi connectivity index (χ2v) is 6.39. The summed E-state index contributed by atoms with van der Waals surface area (Å²) >= 11 is 1.61. The van der Waals surface area contributed by atoms with E-state index in [9.17, 15) is 9.59 Å². The van der Waals surface area contributed by atoms with Crippen LogP contribution < -0.4 is 11.0 Å². The number of nitrogens with one attached hydrogen (secondary N) is 1.